The topological polar surface area (TPSA) is 47.6 Å². The molecule has 2 aromatic carbocycles. The zero-order valence-electron chi connectivity index (χ0n) is 15.8. The van der Waals surface area contributed by atoms with Crippen LogP contribution in [0.25, 0.3) is 0 Å². The van der Waals surface area contributed by atoms with E-state index in [1.54, 1.807) is 18.2 Å². The number of hydrogen-bond acceptors (Lipinski definition) is 3. The van der Waals surface area contributed by atoms with E-state index in [1.807, 2.05) is 32.0 Å². The third-order valence-electron chi connectivity index (χ3n) is 3.78. The first kappa shape index (κ1) is 20.3. The maximum atomic E-state index is 12.6. The first-order valence-electron chi connectivity index (χ1n) is 8.81. The van der Waals surface area contributed by atoms with Crippen LogP contribution in [-0.4, -0.2) is 19.1 Å². The van der Waals surface area contributed by atoms with Gasteiger partial charge in [-0.1, -0.05) is 31.5 Å². The van der Waals surface area contributed by atoms with Crippen LogP contribution < -0.4 is 10.1 Å². The molecule has 140 valence electrons. The Kier molecular flexibility index (Phi) is 7.49. The van der Waals surface area contributed by atoms with Gasteiger partial charge in [0.25, 0.3) is 5.91 Å². The van der Waals surface area contributed by atoms with Gasteiger partial charge >= 0.3 is 0 Å². The summed E-state index contributed by atoms with van der Waals surface area (Å²) in [6.45, 7) is 9.68. The Morgan fingerprint density at radius 1 is 1.19 bits per heavy atom. The molecule has 0 atom stereocenters. The lowest BCUT2D eigenvalue weighted by Gasteiger charge is -2.14. The summed E-state index contributed by atoms with van der Waals surface area (Å²) in [5.41, 5.74) is 3.07. The fraction of sp³-hybridized carbons (Fsp3) is 0.381. The molecule has 0 aromatic heterocycles. The first-order valence-corrected chi connectivity index (χ1v) is 9.19. The second kappa shape index (κ2) is 9.60. The number of carbonyl (C=O) groups is 1. The molecule has 26 heavy (non-hydrogen) atoms. The lowest BCUT2D eigenvalue weighted by Crippen LogP contribution is -2.14. The SMILES string of the molecule is CCOc1ccc(C(=O)Nc2cc(Cl)ccc2C)cc1COCC(C)C. The van der Waals surface area contributed by atoms with E-state index >= 15 is 0 Å². The van der Waals surface area contributed by atoms with Gasteiger partial charge in [0.15, 0.2) is 0 Å². The summed E-state index contributed by atoms with van der Waals surface area (Å²) < 4.78 is 11.4. The van der Waals surface area contributed by atoms with Gasteiger partial charge < -0.3 is 14.8 Å². The predicted octanol–water partition coefficient (Wildman–Crippen LogP) is 5.47. The molecule has 0 unspecified atom stereocenters. The number of hydrogen-bond donors (Lipinski definition) is 1. The Labute approximate surface area is 160 Å². The quantitative estimate of drug-likeness (QED) is 0.665. The molecule has 1 amide bonds. The second-order valence-electron chi connectivity index (χ2n) is 6.58. The van der Waals surface area contributed by atoms with Gasteiger partial charge in [0, 0.05) is 28.4 Å². The third kappa shape index (κ3) is 5.75. The molecule has 2 aromatic rings. The van der Waals surface area contributed by atoms with E-state index in [9.17, 15) is 4.79 Å². The summed E-state index contributed by atoms with van der Waals surface area (Å²) in [5, 5.41) is 3.50. The molecule has 0 saturated carbocycles. The molecular formula is C21H26ClNO3. The monoisotopic (exact) mass is 375 g/mol. The summed E-state index contributed by atoms with van der Waals surface area (Å²) in [4.78, 5) is 12.6. The molecular weight excluding hydrogens is 350 g/mol. The van der Waals surface area contributed by atoms with Crippen LogP contribution in [-0.2, 0) is 11.3 Å². The van der Waals surface area contributed by atoms with E-state index < -0.39 is 0 Å². The highest BCUT2D eigenvalue weighted by Gasteiger charge is 2.12. The van der Waals surface area contributed by atoms with E-state index in [0.717, 1.165) is 16.9 Å². The van der Waals surface area contributed by atoms with Crippen molar-refractivity contribution in [3.63, 3.8) is 0 Å². The molecule has 0 bridgehead atoms. The number of carbonyl (C=O) groups excluding carboxylic acids is 1. The van der Waals surface area contributed by atoms with Crippen molar-refractivity contribution in [2.75, 3.05) is 18.5 Å². The molecule has 0 radical (unpaired) electrons. The van der Waals surface area contributed by atoms with Crippen molar-refractivity contribution in [2.24, 2.45) is 5.92 Å². The lowest BCUT2D eigenvalue weighted by molar-refractivity contribution is 0.0948. The minimum Gasteiger partial charge on any atom is -0.494 e. The van der Waals surface area contributed by atoms with Gasteiger partial charge in [-0.05, 0) is 55.7 Å². The van der Waals surface area contributed by atoms with Crippen LogP contribution in [0.15, 0.2) is 36.4 Å². The smallest absolute Gasteiger partial charge is 0.255 e. The van der Waals surface area contributed by atoms with E-state index in [4.69, 9.17) is 21.1 Å². The van der Waals surface area contributed by atoms with Crippen LogP contribution in [0.1, 0.15) is 42.3 Å². The Morgan fingerprint density at radius 3 is 2.65 bits per heavy atom. The van der Waals surface area contributed by atoms with Gasteiger partial charge in [0.05, 0.1) is 13.2 Å². The summed E-state index contributed by atoms with van der Waals surface area (Å²) >= 11 is 6.03. The maximum Gasteiger partial charge on any atom is 0.255 e. The maximum absolute atomic E-state index is 12.6. The van der Waals surface area contributed by atoms with Gasteiger partial charge in [0.1, 0.15) is 5.75 Å². The standard InChI is InChI=1S/C21H26ClNO3/c1-5-26-20-9-7-16(10-17(20)13-25-12-14(2)3)21(24)23-19-11-18(22)8-6-15(19)4/h6-11,14H,5,12-13H2,1-4H3,(H,23,24). The summed E-state index contributed by atoms with van der Waals surface area (Å²) in [6, 6.07) is 10.8. The summed E-state index contributed by atoms with van der Waals surface area (Å²) in [7, 11) is 0. The highest BCUT2D eigenvalue weighted by molar-refractivity contribution is 6.31. The molecule has 0 fully saturated rings. The van der Waals surface area contributed by atoms with Crippen LogP contribution >= 0.6 is 11.6 Å². The minimum absolute atomic E-state index is 0.191. The van der Waals surface area contributed by atoms with Crippen molar-refractivity contribution in [2.45, 2.75) is 34.3 Å². The average molecular weight is 376 g/mol. The molecule has 0 aliphatic heterocycles. The van der Waals surface area contributed by atoms with E-state index in [2.05, 4.69) is 19.2 Å². The minimum atomic E-state index is -0.191. The molecule has 0 aliphatic rings. The second-order valence-corrected chi connectivity index (χ2v) is 7.01. The number of anilines is 1. The Bertz CT molecular complexity index is 759. The number of rotatable bonds is 8. The van der Waals surface area contributed by atoms with Crippen LogP contribution in [0.5, 0.6) is 5.75 Å². The summed E-state index contributed by atoms with van der Waals surface area (Å²) in [5.74, 6) is 0.998. The molecule has 0 saturated heterocycles. The number of halogens is 1. The highest BCUT2D eigenvalue weighted by Crippen LogP contribution is 2.24. The Balaban J connectivity index is 2.19. The summed E-state index contributed by atoms with van der Waals surface area (Å²) in [6.07, 6.45) is 0. The van der Waals surface area contributed by atoms with Gasteiger partial charge in [0.2, 0.25) is 0 Å². The number of benzene rings is 2. The van der Waals surface area contributed by atoms with Crippen molar-refractivity contribution < 1.29 is 14.3 Å². The number of nitrogens with one attached hydrogen (secondary N) is 1. The van der Waals surface area contributed by atoms with Crippen LogP contribution in [0.2, 0.25) is 5.02 Å². The molecule has 5 heteroatoms. The highest BCUT2D eigenvalue weighted by atomic mass is 35.5. The molecule has 0 heterocycles. The Hall–Kier alpha value is -2.04. The zero-order chi connectivity index (χ0) is 19.1. The third-order valence-corrected chi connectivity index (χ3v) is 4.01. The van der Waals surface area contributed by atoms with Crippen molar-refractivity contribution >= 4 is 23.2 Å². The van der Waals surface area contributed by atoms with Gasteiger partial charge in [-0.15, -0.1) is 0 Å². The van der Waals surface area contributed by atoms with Crippen LogP contribution in [0.4, 0.5) is 5.69 Å². The number of ether oxygens (including phenoxy) is 2. The Morgan fingerprint density at radius 2 is 1.96 bits per heavy atom. The molecule has 0 aliphatic carbocycles. The zero-order valence-corrected chi connectivity index (χ0v) is 16.5. The van der Waals surface area contributed by atoms with Gasteiger partial charge in [-0.3, -0.25) is 4.79 Å². The van der Waals surface area contributed by atoms with E-state index in [1.165, 1.54) is 0 Å². The van der Waals surface area contributed by atoms with Crippen molar-refractivity contribution in [3.8, 4) is 5.75 Å². The molecule has 0 spiro atoms. The number of aryl methyl sites for hydroxylation is 1. The largest absolute Gasteiger partial charge is 0.494 e. The first-order chi connectivity index (χ1) is 12.4. The van der Waals surface area contributed by atoms with Gasteiger partial charge in [-0.2, -0.15) is 0 Å². The molecule has 1 N–H and O–H groups in total. The van der Waals surface area contributed by atoms with Gasteiger partial charge in [-0.25, -0.2) is 0 Å². The fourth-order valence-electron chi connectivity index (χ4n) is 2.46. The molecule has 2 rings (SSSR count). The van der Waals surface area contributed by atoms with E-state index in [-0.39, 0.29) is 5.91 Å². The lowest BCUT2D eigenvalue weighted by atomic mass is 10.1. The van der Waals surface area contributed by atoms with Crippen LogP contribution in [0, 0.1) is 12.8 Å². The average Bonchev–Trinajstić information content (AvgIpc) is 2.59. The normalized spacial score (nSPS) is 10.8. The van der Waals surface area contributed by atoms with Crippen molar-refractivity contribution in [1.29, 1.82) is 0 Å². The number of amides is 1. The van der Waals surface area contributed by atoms with E-state index in [0.29, 0.717) is 42.0 Å². The molecule has 4 nitrogen and oxygen atoms in total. The van der Waals surface area contributed by atoms with Crippen LogP contribution in [0.3, 0.4) is 0 Å². The van der Waals surface area contributed by atoms with Crippen molar-refractivity contribution in [1.82, 2.24) is 0 Å². The predicted molar refractivity (Wildman–Crippen MR) is 106 cm³/mol. The van der Waals surface area contributed by atoms with Crippen molar-refractivity contribution in [3.05, 3.63) is 58.1 Å². The fourth-order valence-corrected chi connectivity index (χ4v) is 2.63.